The highest BCUT2D eigenvalue weighted by molar-refractivity contribution is 5.69. The first kappa shape index (κ1) is 8.54. The van der Waals surface area contributed by atoms with Crippen molar-refractivity contribution in [2.75, 3.05) is 0 Å². The van der Waals surface area contributed by atoms with Gasteiger partial charge in [-0.2, -0.15) is 0 Å². The molecule has 0 spiro atoms. The summed E-state index contributed by atoms with van der Waals surface area (Å²) in [4.78, 5) is 38.2. The summed E-state index contributed by atoms with van der Waals surface area (Å²) < 4.78 is 2.34. The molecule has 2 rings (SSSR count). The molecular formula is C7H8N4O3. The molecule has 2 N–H and O–H groups in total. The van der Waals surface area contributed by atoms with Crippen molar-refractivity contribution in [2.45, 2.75) is 0 Å². The van der Waals surface area contributed by atoms with E-state index in [0.717, 1.165) is 4.57 Å². The van der Waals surface area contributed by atoms with E-state index in [4.69, 9.17) is 0 Å². The van der Waals surface area contributed by atoms with Gasteiger partial charge >= 0.3 is 11.4 Å². The summed E-state index contributed by atoms with van der Waals surface area (Å²) in [7, 11) is 2.93. The van der Waals surface area contributed by atoms with E-state index in [2.05, 4.69) is 9.97 Å². The highest BCUT2D eigenvalue weighted by Crippen LogP contribution is 1.97. The molecule has 0 aliphatic rings. The van der Waals surface area contributed by atoms with Crippen molar-refractivity contribution in [3.8, 4) is 0 Å². The van der Waals surface area contributed by atoms with Crippen molar-refractivity contribution in [1.29, 1.82) is 0 Å². The Balaban J connectivity index is 3.27. The fraction of sp³-hybridized carbons (Fsp3) is 0.286. The van der Waals surface area contributed by atoms with Crippen LogP contribution >= 0.6 is 0 Å². The van der Waals surface area contributed by atoms with Crippen LogP contribution in [0.2, 0.25) is 0 Å². The predicted molar refractivity (Wildman–Crippen MR) is 49.4 cm³/mol. The third kappa shape index (κ3) is 0.889. The van der Waals surface area contributed by atoms with Gasteiger partial charge in [0.15, 0.2) is 5.52 Å². The molecule has 0 amide bonds. The smallest absolute Gasteiger partial charge is 0.291 e. The van der Waals surface area contributed by atoms with E-state index in [9.17, 15) is 14.4 Å². The first-order valence-electron chi connectivity index (χ1n) is 3.90. The van der Waals surface area contributed by atoms with Crippen LogP contribution in [-0.2, 0) is 14.1 Å². The summed E-state index contributed by atoms with van der Waals surface area (Å²) in [5.74, 6) is 0. The van der Waals surface area contributed by atoms with Crippen LogP contribution in [0.15, 0.2) is 14.4 Å². The standard InChI is InChI=1S/C7H8N4O3/c1-10-3-4(8-6(10)13)11(2)7(14)9-5(3)12/h1-2H3,(H,8,13)(H,9,12,14)/i3+1,4+1,5+1,7+1,8+1,9+1,11+1. The molecule has 14 heavy (non-hydrogen) atoms. The second kappa shape index (κ2) is 2.47. The zero-order chi connectivity index (χ0) is 10.5. The Morgan fingerprint density at radius 2 is 1.50 bits per heavy atom. The molecule has 7 heteroatoms. The minimum Gasteiger partial charge on any atom is -0.291 e. The van der Waals surface area contributed by atoms with Crippen LogP contribution in [0.1, 0.15) is 0 Å². The lowest BCUT2D eigenvalue weighted by atomic mass is 11.2. The Hall–Kier alpha value is -2.05. The van der Waals surface area contributed by atoms with Crippen molar-refractivity contribution in [2.24, 2.45) is 14.1 Å². The highest BCUT2D eigenvalue weighted by Gasteiger charge is 2.10. The van der Waals surface area contributed by atoms with Crippen LogP contribution in [0.5, 0.6) is 0 Å². The minimum absolute atomic E-state index is 0.164. The maximum atomic E-state index is 11.3. The molecule has 0 saturated carbocycles. The van der Waals surface area contributed by atoms with Crippen LogP contribution in [0.4, 0.5) is 0 Å². The summed E-state index contributed by atoms with van der Waals surface area (Å²) in [6, 6.07) is 0. The molecule has 7 nitrogen and oxygen atoms in total. The summed E-state index contributed by atoms with van der Waals surface area (Å²) >= 11 is 0. The van der Waals surface area contributed by atoms with Gasteiger partial charge in [0.05, 0.1) is 0 Å². The molecule has 2 heterocycles. The van der Waals surface area contributed by atoms with E-state index in [0.29, 0.717) is 0 Å². The molecule has 0 aromatic carbocycles. The first-order valence-corrected chi connectivity index (χ1v) is 3.90. The Morgan fingerprint density at radius 3 is 2.14 bits per heavy atom. The van der Waals surface area contributed by atoms with Crippen molar-refractivity contribution in [3.05, 3.63) is 31.3 Å². The number of aromatic nitrogens is 4. The molecule has 0 saturated heterocycles. The molecular weight excluding hydrogens is 195 g/mol. The van der Waals surface area contributed by atoms with Crippen LogP contribution in [0.3, 0.4) is 0 Å². The van der Waals surface area contributed by atoms with E-state index in [1.807, 2.05) is 0 Å². The van der Waals surface area contributed by atoms with Crippen LogP contribution in [0, 0.1) is 0 Å². The predicted octanol–water partition coefficient (Wildman–Crippen LogP) is -1.75. The normalized spacial score (nSPS) is 11.0. The lowest BCUT2D eigenvalue weighted by Gasteiger charge is -1.97. The number of nitrogens with one attached hydrogen (secondary N) is 2. The van der Waals surface area contributed by atoms with Gasteiger partial charge in [-0.05, 0) is 0 Å². The maximum Gasteiger partial charge on any atom is 0.329 e. The fourth-order valence-corrected chi connectivity index (χ4v) is 1.35. The Labute approximate surface area is 76.6 Å². The summed E-state index contributed by atoms with van der Waals surface area (Å²) in [6.45, 7) is 0. The lowest BCUT2D eigenvalue weighted by molar-refractivity contribution is 0.829. The SMILES string of the molecule is Cn1c(=O)[15nH][13c]2[13c]1[13c](=O)[15nH][13c](=O)[15n]2C. The third-order valence-corrected chi connectivity index (χ3v) is 2.17. The second-order valence-corrected chi connectivity index (χ2v) is 3.00. The van der Waals surface area contributed by atoms with Crippen LogP contribution in [0.25, 0.3) is 11.2 Å². The van der Waals surface area contributed by atoms with E-state index >= 15 is 0 Å². The average molecular weight is 203 g/mol. The number of imidazole rings is 1. The molecule has 74 valence electrons. The zero-order valence-electron chi connectivity index (χ0n) is 7.62. The summed E-state index contributed by atoms with van der Waals surface area (Å²) in [6.07, 6.45) is 0. The number of hydrogen-bond donors (Lipinski definition) is 2. The fourth-order valence-electron chi connectivity index (χ4n) is 1.35. The first-order chi connectivity index (χ1) is 6.52. The highest BCUT2D eigenvalue weighted by atomic mass is 16.3. The van der Waals surface area contributed by atoms with Gasteiger partial charge < -0.3 is 0 Å². The lowest BCUT2D eigenvalue weighted by Crippen LogP contribution is -2.29. The van der Waals surface area contributed by atoms with Gasteiger partial charge in [-0.25, -0.2) is 9.59 Å². The molecule has 0 atom stereocenters. The minimum atomic E-state index is -0.566. The van der Waals surface area contributed by atoms with E-state index < -0.39 is 16.9 Å². The number of H-pyrrole nitrogens is 2. The number of fused-ring (bicyclic) bond motifs is 1. The molecule has 2 aromatic rings. The molecule has 0 radical (unpaired) electrons. The molecule has 0 bridgehead atoms. The van der Waals surface area contributed by atoms with E-state index in [1.165, 1.54) is 18.7 Å². The molecule has 0 fully saturated rings. The number of aromatic amines is 2. The Bertz CT molecular complexity index is 669. The quantitative estimate of drug-likeness (QED) is 0.532. The van der Waals surface area contributed by atoms with Crippen LogP contribution in [-0.4, -0.2) is 19.1 Å². The Morgan fingerprint density at radius 1 is 0.929 bits per heavy atom. The maximum absolute atomic E-state index is 11.3. The van der Waals surface area contributed by atoms with Gasteiger partial charge in [0.1, 0.15) is 5.65 Å². The van der Waals surface area contributed by atoms with Gasteiger partial charge in [-0.3, -0.25) is 23.9 Å². The van der Waals surface area contributed by atoms with Crippen molar-refractivity contribution in [3.63, 3.8) is 0 Å². The number of aryl methyl sites for hydroxylation is 2. The molecule has 2 aromatic heterocycles. The van der Waals surface area contributed by atoms with Gasteiger partial charge in [0, 0.05) is 14.1 Å². The van der Waals surface area contributed by atoms with Crippen molar-refractivity contribution < 1.29 is 0 Å². The average Bonchev–Trinajstić information content (AvgIpc) is 2.40. The molecule has 0 unspecified atom stereocenters. The second-order valence-electron chi connectivity index (χ2n) is 3.00. The van der Waals surface area contributed by atoms with Crippen LogP contribution < -0.4 is 16.9 Å². The molecule has 0 aliphatic heterocycles. The van der Waals surface area contributed by atoms with E-state index in [-0.39, 0.29) is 11.2 Å². The largest absolute Gasteiger partial charge is 0.329 e. The molecule has 0 aliphatic carbocycles. The number of hydrogen-bond acceptors (Lipinski definition) is 3. The van der Waals surface area contributed by atoms with Gasteiger partial charge in [-0.1, -0.05) is 0 Å². The van der Waals surface area contributed by atoms with Gasteiger partial charge in [-0.15, -0.1) is 0 Å². The zero-order valence-corrected chi connectivity index (χ0v) is 7.62. The van der Waals surface area contributed by atoms with Gasteiger partial charge in [0.25, 0.3) is 5.56 Å². The van der Waals surface area contributed by atoms with E-state index in [1.54, 1.807) is 0 Å². The topological polar surface area (TPSA) is 92.7 Å². The van der Waals surface area contributed by atoms with Gasteiger partial charge in [0.2, 0.25) is 0 Å². The van der Waals surface area contributed by atoms with Crippen molar-refractivity contribution in [1.82, 2.24) is 19.1 Å². The number of nitrogens with zero attached hydrogens (tertiary/aromatic N) is 2. The number of rotatable bonds is 0. The van der Waals surface area contributed by atoms with Crippen molar-refractivity contribution >= 4 is 11.2 Å². The third-order valence-electron chi connectivity index (χ3n) is 2.17. The Kier molecular flexibility index (Phi) is 1.51. The monoisotopic (exact) mass is 203 g/mol. The summed E-state index contributed by atoms with van der Waals surface area (Å²) in [5.41, 5.74) is -1.15. The summed E-state index contributed by atoms with van der Waals surface area (Å²) in [5, 5.41) is 0.